The first-order chi connectivity index (χ1) is 22.3. The van der Waals surface area contributed by atoms with Crippen LogP contribution in [0.1, 0.15) is 51.5 Å². The summed E-state index contributed by atoms with van der Waals surface area (Å²) in [7, 11) is 0. The van der Waals surface area contributed by atoms with E-state index in [0.717, 1.165) is 5.56 Å². The van der Waals surface area contributed by atoms with Gasteiger partial charge in [-0.05, 0) is 72.2 Å². The van der Waals surface area contributed by atoms with Gasteiger partial charge in [-0.25, -0.2) is 13.9 Å². The molecule has 46 heavy (non-hydrogen) atoms. The molecular weight excluding hydrogens is 628 g/mol. The third kappa shape index (κ3) is 6.80. The molecule has 8 nitrogen and oxygen atoms in total. The van der Waals surface area contributed by atoms with Crippen molar-refractivity contribution in [3.05, 3.63) is 147 Å². The van der Waals surface area contributed by atoms with Crippen LogP contribution in [0.15, 0.2) is 97.2 Å². The maximum absolute atomic E-state index is 13.9. The van der Waals surface area contributed by atoms with Crippen LogP contribution in [0.5, 0.6) is 0 Å². The summed E-state index contributed by atoms with van der Waals surface area (Å²) in [6.45, 7) is 2.07. The van der Waals surface area contributed by atoms with Crippen LogP contribution in [0.2, 0.25) is 10.0 Å². The number of nitrogens with zero attached hydrogens (tertiary/aromatic N) is 4. The molecule has 1 aliphatic heterocycles. The van der Waals surface area contributed by atoms with Crippen molar-refractivity contribution in [2.75, 3.05) is 6.54 Å². The van der Waals surface area contributed by atoms with Gasteiger partial charge in [0.1, 0.15) is 12.4 Å². The molecule has 0 spiro atoms. The van der Waals surface area contributed by atoms with E-state index in [9.17, 15) is 14.0 Å². The van der Waals surface area contributed by atoms with Crippen LogP contribution >= 0.6 is 23.2 Å². The van der Waals surface area contributed by atoms with E-state index < -0.39 is 18.0 Å². The fraction of sp³-hybridized carbons (Fsp3) is 0.143. The van der Waals surface area contributed by atoms with E-state index >= 15 is 0 Å². The number of aromatic nitrogens is 3. The van der Waals surface area contributed by atoms with Gasteiger partial charge in [-0.15, -0.1) is 0 Å². The van der Waals surface area contributed by atoms with E-state index in [-0.39, 0.29) is 31.2 Å². The molecule has 0 aliphatic carbocycles. The Hall–Kier alpha value is -4.99. The van der Waals surface area contributed by atoms with Crippen molar-refractivity contribution in [2.45, 2.75) is 26.1 Å². The van der Waals surface area contributed by atoms with Gasteiger partial charge in [-0.1, -0.05) is 71.7 Å². The highest BCUT2D eigenvalue weighted by molar-refractivity contribution is 6.35. The Balaban J connectivity index is 1.45. The zero-order valence-electron chi connectivity index (χ0n) is 24.7. The molecular formula is C35H28Cl2FN5O3. The molecule has 1 unspecified atom stereocenters. The summed E-state index contributed by atoms with van der Waals surface area (Å²) in [5.74, 6) is -0.838. The van der Waals surface area contributed by atoms with Crippen molar-refractivity contribution in [3.63, 3.8) is 0 Å². The molecule has 1 aliphatic rings. The van der Waals surface area contributed by atoms with Crippen LogP contribution in [-0.4, -0.2) is 38.2 Å². The predicted octanol–water partition coefficient (Wildman–Crippen LogP) is 7.90. The number of benzene rings is 3. The molecule has 5 aromatic rings. The summed E-state index contributed by atoms with van der Waals surface area (Å²) in [6.07, 6.45) is 2.92. The van der Waals surface area contributed by atoms with Crippen molar-refractivity contribution >= 4 is 46.9 Å². The van der Waals surface area contributed by atoms with Crippen molar-refractivity contribution < 1.29 is 18.7 Å². The van der Waals surface area contributed by atoms with Crippen LogP contribution in [0, 0.1) is 5.82 Å². The van der Waals surface area contributed by atoms with E-state index in [1.54, 1.807) is 47.3 Å². The Morgan fingerprint density at radius 1 is 1.00 bits per heavy atom. The summed E-state index contributed by atoms with van der Waals surface area (Å²) >= 11 is 12.9. The molecule has 11 heteroatoms. The van der Waals surface area contributed by atoms with Gasteiger partial charge in [0.2, 0.25) is 0 Å². The van der Waals surface area contributed by atoms with Gasteiger partial charge in [-0.2, -0.15) is 5.10 Å². The molecule has 0 saturated carbocycles. The van der Waals surface area contributed by atoms with Gasteiger partial charge in [-0.3, -0.25) is 14.7 Å². The van der Waals surface area contributed by atoms with Crippen molar-refractivity contribution in [2.24, 2.45) is 0 Å². The number of amides is 2. The normalized spacial score (nSPS) is 14.1. The second kappa shape index (κ2) is 13.6. The summed E-state index contributed by atoms with van der Waals surface area (Å²) in [5, 5.41) is 8.51. The lowest BCUT2D eigenvalue weighted by atomic mass is 9.97. The Morgan fingerprint density at radius 3 is 2.48 bits per heavy atom. The maximum Gasteiger partial charge on any atom is 0.410 e. The number of rotatable bonds is 7. The lowest BCUT2D eigenvalue weighted by Gasteiger charge is -2.29. The van der Waals surface area contributed by atoms with Crippen LogP contribution in [0.4, 0.5) is 9.18 Å². The molecule has 6 rings (SSSR count). The molecule has 3 heterocycles. The number of ether oxygens (including phenoxy) is 1. The number of hydrogen-bond acceptors (Lipinski definition) is 5. The Morgan fingerprint density at radius 2 is 1.76 bits per heavy atom. The van der Waals surface area contributed by atoms with Crippen molar-refractivity contribution in [1.82, 2.24) is 25.0 Å². The third-order valence-corrected chi connectivity index (χ3v) is 8.04. The van der Waals surface area contributed by atoms with Gasteiger partial charge >= 0.3 is 6.09 Å². The number of hydrogen-bond donors (Lipinski definition) is 1. The van der Waals surface area contributed by atoms with E-state index in [1.165, 1.54) is 17.0 Å². The minimum atomic E-state index is -0.565. The lowest BCUT2D eigenvalue weighted by Crippen LogP contribution is -2.37. The minimum absolute atomic E-state index is 0.0373. The topological polar surface area (TPSA) is 89.4 Å². The fourth-order valence-corrected chi connectivity index (χ4v) is 5.74. The third-order valence-electron chi connectivity index (χ3n) is 7.50. The largest absolute Gasteiger partial charge is 0.445 e. The standard InChI is InChI=1S/C35H28Cl2FN5O3/c1-22(30-9-5-6-16-39-30)40-34(44)32-28-20-42(35(45)46-21-24-7-3-2-4-8-24)19-25(17-23-10-13-27(38)14-11-23)33(28)43(41-32)31-15-12-26(36)18-29(31)37/h2-18,22H,19-21H2,1H3,(H,40,44). The number of halogens is 3. The quantitative estimate of drug-likeness (QED) is 0.193. The molecule has 3 aromatic carbocycles. The average molecular weight is 657 g/mol. The Kier molecular flexibility index (Phi) is 9.14. The molecule has 0 radical (unpaired) electrons. The van der Waals surface area contributed by atoms with Crippen molar-refractivity contribution in [3.8, 4) is 5.69 Å². The molecule has 2 amide bonds. The van der Waals surface area contributed by atoms with Crippen LogP contribution in [0.3, 0.4) is 0 Å². The number of carbonyl (C=O) groups is 2. The SMILES string of the molecule is CC(NC(=O)c1nn(-c2ccc(Cl)cc2Cl)c2c1CN(C(=O)OCc1ccccc1)CC2=Cc1ccc(F)cc1)c1ccccn1. The number of fused-ring (bicyclic) bond motifs is 1. The van der Waals surface area contributed by atoms with Gasteiger partial charge in [0.05, 0.1) is 41.2 Å². The molecule has 232 valence electrons. The summed E-state index contributed by atoms with van der Waals surface area (Å²) < 4.78 is 21.1. The van der Waals surface area contributed by atoms with Crippen LogP contribution in [-0.2, 0) is 17.9 Å². The maximum atomic E-state index is 13.9. The second-order valence-electron chi connectivity index (χ2n) is 10.8. The molecule has 1 N–H and O–H groups in total. The lowest BCUT2D eigenvalue weighted by molar-refractivity contribution is 0.0916. The van der Waals surface area contributed by atoms with Crippen LogP contribution < -0.4 is 5.32 Å². The molecule has 0 fully saturated rings. The first kappa shape index (κ1) is 31.0. The molecule has 2 aromatic heterocycles. The number of pyridine rings is 1. The summed E-state index contributed by atoms with van der Waals surface area (Å²) in [4.78, 5) is 33.3. The first-order valence-corrected chi connectivity index (χ1v) is 15.2. The highest BCUT2D eigenvalue weighted by Crippen LogP contribution is 2.36. The van der Waals surface area contributed by atoms with E-state index in [0.29, 0.717) is 43.8 Å². The summed E-state index contributed by atoms with van der Waals surface area (Å²) in [6, 6.07) is 25.3. The van der Waals surface area contributed by atoms with Crippen LogP contribution in [0.25, 0.3) is 17.3 Å². The predicted molar refractivity (Wildman–Crippen MR) is 175 cm³/mol. The number of nitrogens with one attached hydrogen (secondary N) is 1. The first-order valence-electron chi connectivity index (χ1n) is 14.5. The zero-order chi connectivity index (χ0) is 32.2. The highest BCUT2D eigenvalue weighted by Gasteiger charge is 2.35. The Labute approximate surface area is 275 Å². The van der Waals surface area contributed by atoms with E-state index in [1.807, 2.05) is 55.5 Å². The second-order valence-corrected chi connectivity index (χ2v) is 11.6. The number of carbonyl (C=O) groups excluding carboxylic acids is 2. The fourth-order valence-electron chi connectivity index (χ4n) is 5.25. The van der Waals surface area contributed by atoms with Gasteiger partial charge in [0.25, 0.3) is 5.91 Å². The van der Waals surface area contributed by atoms with Gasteiger partial charge in [0.15, 0.2) is 5.69 Å². The highest BCUT2D eigenvalue weighted by atomic mass is 35.5. The summed E-state index contributed by atoms with van der Waals surface area (Å²) in [5.41, 5.74) is 4.51. The molecule has 0 saturated heterocycles. The molecule has 1 atom stereocenters. The average Bonchev–Trinajstić information content (AvgIpc) is 3.45. The smallest absolute Gasteiger partial charge is 0.410 e. The molecule has 0 bridgehead atoms. The van der Waals surface area contributed by atoms with Gasteiger partial charge < -0.3 is 10.1 Å². The van der Waals surface area contributed by atoms with E-state index in [2.05, 4.69) is 10.3 Å². The van der Waals surface area contributed by atoms with Crippen molar-refractivity contribution in [1.29, 1.82) is 0 Å². The zero-order valence-corrected chi connectivity index (χ0v) is 26.2. The minimum Gasteiger partial charge on any atom is -0.445 e. The Bertz CT molecular complexity index is 1910. The van der Waals surface area contributed by atoms with Gasteiger partial charge in [0, 0.05) is 16.8 Å². The van der Waals surface area contributed by atoms with E-state index in [4.69, 9.17) is 33.0 Å². The monoisotopic (exact) mass is 655 g/mol.